The Hall–Kier alpha value is -0.660. The van der Waals surface area contributed by atoms with E-state index < -0.39 is 0 Å². The van der Waals surface area contributed by atoms with Gasteiger partial charge in [0.25, 0.3) is 11.1 Å². The number of hydrogen-bond donors (Lipinski definition) is 0. The van der Waals surface area contributed by atoms with Crippen LogP contribution in [0.4, 0.5) is 0 Å². The molecule has 0 saturated heterocycles. The van der Waals surface area contributed by atoms with Crippen molar-refractivity contribution in [1.82, 2.24) is 9.36 Å². The van der Waals surface area contributed by atoms with Crippen LogP contribution in [0.3, 0.4) is 0 Å². The molecule has 0 unspecified atom stereocenters. The van der Waals surface area contributed by atoms with Gasteiger partial charge in [-0.2, -0.15) is 0 Å². The van der Waals surface area contributed by atoms with Crippen LogP contribution in [-0.2, 0) is 7.05 Å². The van der Waals surface area contributed by atoms with Gasteiger partial charge >= 0.3 is 0 Å². The maximum Gasteiger partial charge on any atom is 0.285 e. The minimum Gasteiger partial charge on any atom is -0.267 e. The topological polar surface area (TPSA) is 44.0 Å². The van der Waals surface area contributed by atoms with Gasteiger partial charge in [-0.1, -0.05) is 15.9 Å². The van der Waals surface area contributed by atoms with Crippen LogP contribution in [-0.4, -0.2) is 9.36 Å². The van der Waals surface area contributed by atoms with Crippen molar-refractivity contribution in [3.05, 3.63) is 58.4 Å². The molecule has 4 nitrogen and oxygen atoms in total. The van der Waals surface area contributed by atoms with Gasteiger partial charge in [0, 0.05) is 11.5 Å². The normalized spacial score (nSPS) is 10.7. The van der Waals surface area contributed by atoms with Gasteiger partial charge in [-0.15, -0.1) is 0 Å². The summed E-state index contributed by atoms with van der Waals surface area (Å²) in [6.45, 7) is 0. The van der Waals surface area contributed by atoms with E-state index in [0.717, 1.165) is 4.47 Å². The number of nitrogens with zero attached hydrogens (tertiary/aromatic N) is 2. The first-order valence-corrected chi connectivity index (χ1v) is 7.24. The standard InChI is InChI=1S/C11H7Br3N2O2/c1-15-10(17)8(13)9(14)11(18)16(15)7-4-2-6(12)3-5-7/h2-5H,1H3. The molecule has 94 valence electrons. The van der Waals surface area contributed by atoms with Gasteiger partial charge in [-0.05, 0) is 56.1 Å². The van der Waals surface area contributed by atoms with Gasteiger partial charge in [-0.25, -0.2) is 9.36 Å². The molecule has 0 atom stereocenters. The number of halogens is 3. The van der Waals surface area contributed by atoms with Crippen LogP contribution in [0.15, 0.2) is 47.3 Å². The number of hydrogen-bond acceptors (Lipinski definition) is 2. The van der Waals surface area contributed by atoms with Crippen molar-refractivity contribution in [1.29, 1.82) is 0 Å². The molecule has 0 aliphatic rings. The van der Waals surface area contributed by atoms with Crippen LogP contribution in [0.2, 0.25) is 0 Å². The molecular formula is C11H7Br3N2O2. The molecule has 0 aliphatic carbocycles. The van der Waals surface area contributed by atoms with Crippen LogP contribution < -0.4 is 11.1 Å². The fourth-order valence-corrected chi connectivity index (χ4v) is 2.55. The smallest absolute Gasteiger partial charge is 0.267 e. The second kappa shape index (κ2) is 5.14. The van der Waals surface area contributed by atoms with E-state index in [2.05, 4.69) is 47.8 Å². The van der Waals surface area contributed by atoms with E-state index in [0.29, 0.717) is 5.69 Å². The molecule has 0 aliphatic heterocycles. The third kappa shape index (κ3) is 2.26. The molecule has 0 amide bonds. The van der Waals surface area contributed by atoms with Crippen molar-refractivity contribution < 1.29 is 0 Å². The van der Waals surface area contributed by atoms with Crippen molar-refractivity contribution in [2.45, 2.75) is 0 Å². The summed E-state index contributed by atoms with van der Waals surface area (Å²) < 4.78 is 3.92. The average Bonchev–Trinajstić information content (AvgIpc) is 2.36. The van der Waals surface area contributed by atoms with Crippen LogP contribution in [0.1, 0.15) is 0 Å². The van der Waals surface area contributed by atoms with Crippen LogP contribution in [0.25, 0.3) is 5.69 Å². The van der Waals surface area contributed by atoms with Gasteiger partial charge in [0.05, 0.1) is 5.69 Å². The summed E-state index contributed by atoms with van der Waals surface area (Å²) >= 11 is 9.54. The molecule has 1 aromatic carbocycles. The van der Waals surface area contributed by atoms with Gasteiger partial charge in [0.2, 0.25) is 0 Å². The first-order valence-electron chi connectivity index (χ1n) is 4.86. The molecule has 0 bridgehead atoms. The second-order valence-electron chi connectivity index (χ2n) is 3.55. The molecule has 0 saturated carbocycles. The van der Waals surface area contributed by atoms with E-state index in [1.165, 1.54) is 9.36 Å². The Morgan fingerprint density at radius 3 is 1.94 bits per heavy atom. The van der Waals surface area contributed by atoms with Gasteiger partial charge < -0.3 is 0 Å². The summed E-state index contributed by atoms with van der Waals surface area (Å²) in [5.41, 5.74) is 0.0340. The Morgan fingerprint density at radius 1 is 0.889 bits per heavy atom. The van der Waals surface area contributed by atoms with E-state index in [4.69, 9.17) is 0 Å². The lowest BCUT2D eigenvalue weighted by molar-refractivity contribution is 0.586. The minimum atomic E-state index is -0.300. The Balaban J connectivity index is 2.84. The average molecular weight is 439 g/mol. The molecule has 0 radical (unpaired) electrons. The molecular weight excluding hydrogens is 432 g/mol. The third-order valence-corrected chi connectivity index (χ3v) is 4.96. The zero-order valence-electron chi connectivity index (χ0n) is 9.15. The molecule has 2 aromatic rings. The van der Waals surface area contributed by atoms with Crippen molar-refractivity contribution >= 4 is 47.8 Å². The second-order valence-corrected chi connectivity index (χ2v) is 6.05. The molecule has 7 heteroatoms. The van der Waals surface area contributed by atoms with Gasteiger partial charge in [0.15, 0.2) is 0 Å². The third-order valence-electron chi connectivity index (χ3n) is 2.43. The minimum absolute atomic E-state index is 0.216. The quantitative estimate of drug-likeness (QED) is 0.687. The Labute approximate surface area is 128 Å². The van der Waals surface area contributed by atoms with Crippen molar-refractivity contribution in [2.24, 2.45) is 7.05 Å². The Morgan fingerprint density at radius 2 is 1.39 bits per heavy atom. The fraction of sp³-hybridized carbons (Fsp3) is 0.0909. The van der Waals surface area contributed by atoms with Gasteiger partial charge in [0.1, 0.15) is 8.95 Å². The SMILES string of the molecule is Cn1c(=O)c(Br)c(Br)c(=O)n1-c1ccc(Br)cc1. The van der Waals surface area contributed by atoms with E-state index in [9.17, 15) is 9.59 Å². The van der Waals surface area contributed by atoms with Crippen LogP contribution in [0.5, 0.6) is 0 Å². The van der Waals surface area contributed by atoms with Crippen molar-refractivity contribution in [3.63, 3.8) is 0 Å². The number of rotatable bonds is 1. The highest BCUT2D eigenvalue weighted by molar-refractivity contribution is 9.13. The van der Waals surface area contributed by atoms with E-state index in [1.807, 2.05) is 12.1 Å². The van der Waals surface area contributed by atoms with Crippen LogP contribution >= 0.6 is 47.8 Å². The van der Waals surface area contributed by atoms with E-state index in [1.54, 1.807) is 19.2 Å². The summed E-state index contributed by atoms with van der Waals surface area (Å²) in [7, 11) is 1.54. The lowest BCUT2D eigenvalue weighted by Crippen LogP contribution is -2.36. The lowest BCUT2D eigenvalue weighted by Gasteiger charge is -2.12. The molecule has 0 N–H and O–H groups in total. The molecule has 2 rings (SSSR count). The van der Waals surface area contributed by atoms with Gasteiger partial charge in [-0.3, -0.25) is 9.59 Å². The fourth-order valence-electron chi connectivity index (χ4n) is 1.52. The highest BCUT2D eigenvalue weighted by atomic mass is 79.9. The van der Waals surface area contributed by atoms with E-state index >= 15 is 0 Å². The number of aromatic nitrogens is 2. The molecule has 0 fully saturated rings. The van der Waals surface area contributed by atoms with Crippen molar-refractivity contribution in [3.8, 4) is 5.69 Å². The first-order chi connectivity index (χ1) is 8.43. The summed E-state index contributed by atoms with van der Waals surface area (Å²) in [6.07, 6.45) is 0. The highest BCUT2D eigenvalue weighted by Crippen LogP contribution is 2.16. The zero-order valence-corrected chi connectivity index (χ0v) is 13.9. The highest BCUT2D eigenvalue weighted by Gasteiger charge is 2.14. The molecule has 1 aromatic heterocycles. The predicted molar refractivity (Wildman–Crippen MR) is 80.4 cm³/mol. The van der Waals surface area contributed by atoms with Crippen LogP contribution in [0, 0.1) is 0 Å². The first kappa shape index (κ1) is 13.8. The maximum absolute atomic E-state index is 12.2. The van der Waals surface area contributed by atoms with E-state index in [-0.39, 0.29) is 20.1 Å². The Bertz CT molecular complexity index is 717. The molecule has 1 heterocycles. The summed E-state index contributed by atoms with van der Waals surface area (Å²) in [4.78, 5) is 24.1. The summed E-state index contributed by atoms with van der Waals surface area (Å²) in [6, 6.07) is 7.13. The lowest BCUT2D eigenvalue weighted by atomic mass is 10.3. The zero-order chi connectivity index (χ0) is 13.4. The Kier molecular flexibility index (Phi) is 3.93. The summed E-state index contributed by atoms with van der Waals surface area (Å²) in [5.74, 6) is 0. The summed E-state index contributed by atoms with van der Waals surface area (Å²) in [5, 5.41) is 0. The van der Waals surface area contributed by atoms with Crippen molar-refractivity contribution in [2.75, 3.05) is 0 Å². The molecule has 18 heavy (non-hydrogen) atoms. The number of benzene rings is 1. The molecule has 0 spiro atoms. The monoisotopic (exact) mass is 436 g/mol. The largest absolute Gasteiger partial charge is 0.285 e. The maximum atomic E-state index is 12.2. The predicted octanol–water partition coefficient (Wildman–Crippen LogP) is 2.82.